The number of rotatable bonds is 11. The maximum Gasteiger partial charge on any atom is 0.411 e. The predicted octanol–water partition coefficient (Wildman–Crippen LogP) is 4.35. The van der Waals surface area contributed by atoms with Crippen LogP contribution in [0, 0.1) is 5.92 Å². The molecule has 0 aliphatic carbocycles. The largest absolute Gasteiger partial charge is 0.479 e. The van der Waals surface area contributed by atoms with E-state index in [1.54, 1.807) is 0 Å². The van der Waals surface area contributed by atoms with Crippen LogP contribution >= 0.6 is 0 Å². The maximum absolute atomic E-state index is 13.0. The van der Waals surface area contributed by atoms with Gasteiger partial charge in [0.2, 0.25) is 12.0 Å². The number of piperidine rings is 1. The molecule has 32 heavy (non-hydrogen) atoms. The van der Waals surface area contributed by atoms with E-state index in [2.05, 4.69) is 0 Å². The van der Waals surface area contributed by atoms with Gasteiger partial charge in [-0.1, -0.05) is 50.6 Å². The van der Waals surface area contributed by atoms with Gasteiger partial charge in [0, 0.05) is 20.1 Å². The van der Waals surface area contributed by atoms with Gasteiger partial charge in [-0.05, 0) is 56.4 Å². The first-order valence-electron chi connectivity index (χ1n) is 11.8. The number of hydrogen-bond acceptors (Lipinski definition) is 4. The highest BCUT2D eigenvalue weighted by molar-refractivity contribution is 5.86. The summed E-state index contributed by atoms with van der Waals surface area (Å²) >= 11 is 0. The number of ether oxygens (including phenoxy) is 1. The summed E-state index contributed by atoms with van der Waals surface area (Å²) in [6, 6.07) is 9.39. The first-order valence-corrected chi connectivity index (χ1v) is 11.8. The number of amides is 2. The van der Waals surface area contributed by atoms with E-state index < -0.39 is 24.2 Å². The molecule has 3 atom stereocenters. The van der Waals surface area contributed by atoms with Gasteiger partial charge in [-0.25, -0.2) is 9.59 Å². The minimum absolute atomic E-state index is 0.0656. The van der Waals surface area contributed by atoms with E-state index in [1.807, 2.05) is 49.1 Å². The summed E-state index contributed by atoms with van der Waals surface area (Å²) in [5.41, 5.74) is 1.20. The van der Waals surface area contributed by atoms with Crippen LogP contribution in [0.2, 0.25) is 0 Å². The van der Waals surface area contributed by atoms with Crippen LogP contribution in [0.25, 0.3) is 0 Å². The molecule has 0 spiro atoms. The third kappa shape index (κ3) is 7.84. The van der Waals surface area contributed by atoms with Crippen molar-refractivity contribution in [1.82, 2.24) is 9.80 Å². The van der Waals surface area contributed by atoms with Crippen molar-refractivity contribution in [3.8, 4) is 0 Å². The zero-order valence-electron chi connectivity index (χ0n) is 19.7. The standard InChI is InChI=1S/C25H38N2O5/c1-4-11-21(23(28)27-16-9-6-10-17-27)26(3)25(31)32-22(24(29)30)18-19(2)14-15-20-12-7-5-8-13-20/h5,7-8,12-13,19,21-22H,4,6,9-11,14-18H2,1-3H3,(H,29,30)/t19?,21?,22-/m0/s1. The maximum atomic E-state index is 13.0. The molecule has 2 rings (SSSR count). The number of carbonyl (C=O) groups is 3. The van der Waals surface area contributed by atoms with E-state index in [1.165, 1.54) is 17.5 Å². The number of carboxylic acids is 1. The first-order chi connectivity index (χ1) is 15.3. The molecule has 0 saturated carbocycles. The van der Waals surface area contributed by atoms with Gasteiger partial charge in [0.15, 0.2) is 0 Å². The van der Waals surface area contributed by atoms with Crippen LogP contribution in [-0.4, -0.2) is 65.2 Å². The first kappa shape index (κ1) is 25.7. The van der Waals surface area contributed by atoms with Crippen molar-refractivity contribution >= 4 is 18.0 Å². The van der Waals surface area contributed by atoms with Gasteiger partial charge in [0.1, 0.15) is 6.04 Å². The lowest BCUT2D eigenvalue weighted by Crippen LogP contribution is -2.51. The molecule has 7 nitrogen and oxygen atoms in total. The molecule has 1 fully saturated rings. The molecule has 1 aromatic rings. The molecule has 2 unspecified atom stereocenters. The molecule has 1 aliphatic rings. The van der Waals surface area contributed by atoms with Crippen LogP contribution in [0.5, 0.6) is 0 Å². The van der Waals surface area contributed by atoms with Crippen LogP contribution < -0.4 is 0 Å². The number of likely N-dealkylation sites (tertiary alicyclic amines) is 1. The Balaban J connectivity index is 1.94. The van der Waals surface area contributed by atoms with Crippen molar-refractivity contribution in [2.75, 3.05) is 20.1 Å². The lowest BCUT2D eigenvalue weighted by molar-refractivity contribution is -0.148. The van der Waals surface area contributed by atoms with E-state index in [-0.39, 0.29) is 18.2 Å². The van der Waals surface area contributed by atoms with Crippen molar-refractivity contribution in [3.63, 3.8) is 0 Å². The van der Waals surface area contributed by atoms with Gasteiger partial charge in [0.05, 0.1) is 0 Å². The fourth-order valence-electron chi connectivity index (χ4n) is 4.15. The van der Waals surface area contributed by atoms with Crippen LogP contribution in [0.15, 0.2) is 30.3 Å². The van der Waals surface area contributed by atoms with E-state index in [0.29, 0.717) is 19.5 Å². The Hall–Kier alpha value is -2.57. The highest BCUT2D eigenvalue weighted by Gasteiger charge is 2.34. The van der Waals surface area contributed by atoms with Crippen LogP contribution in [0.3, 0.4) is 0 Å². The molecule has 0 radical (unpaired) electrons. The minimum atomic E-state index is -1.23. The van der Waals surface area contributed by atoms with Crippen molar-refractivity contribution in [1.29, 1.82) is 0 Å². The molecule has 1 heterocycles. The van der Waals surface area contributed by atoms with Crippen LogP contribution in [0.1, 0.15) is 64.4 Å². The van der Waals surface area contributed by atoms with Gasteiger partial charge >= 0.3 is 12.1 Å². The summed E-state index contributed by atoms with van der Waals surface area (Å²) in [6.07, 6.45) is 4.20. The minimum Gasteiger partial charge on any atom is -0.479 e. The van der Waals surface area contributed by atoms with Crippen molar-refractivity contribution in [2.24, 2.45) is 5.92 Å². The number of aliphatic carboxylic acids is 1. The topological polar surface area (TPSA) is 87.2 Å². The molecule has 2 amide bonds. The molecule has 1 aromatic carbocycles. The lowest BCUT2D eigenvalue weighted by Gasteiger charge is -2.34. The van der Waals surface area contributed by atoms with Gasteiger partial charge in [-0.3, -0.25) is 9.69 Å². The predicted molar refractivity (Wildman–Crippen MR) is 123 cm³/mol. The normalized spacial score (nSPS) is 16.7. The number of benzene rings is 1. The van der Waals surface area contributed by atoms with Crippen LogP contribution in [0.4, 0.5) is 4.79 Å². The number of hydrogen-bond donors (Lipinski definition) is 1. The third-order valence-corrected chi connectivity index (χ3v) is 6.17. The molecule has 7 heteroatoms. The zero-order valence-corrected chi connectivity index (χ0v) is 19.7. The van der Waals surface area contributed by atoms with Gasteiger partial charge in [-0.2, -0.15) is 0 Å². The molecule has 1 aliphatic heterocycles. The Labute approximate surface area is 191 Å². The summed E-state index contributed by atoms with van der Waals surface area (Å²) < 4.78 is 5.38. The second kappa shape index (κ2) is 13.1. The van der Waals surface area contributed by atoms with Crippen molar-refractivity contribution in [2.45, 2.75) is 77.4 Å². The Morgan fingerprint density at radius 2 is 1.75 bits per heavy atom. The van der Waals surface area contributed by atoms with E-state index in [4.69, 9.17) is 4.74 Å². The Bertz CT molecular complexity index is 733. The van der Waals surface area contributed by atoms with Gasteiger partial charge in [-0.15, -0.1) is 0 Å². The smallest absolute Gasteiger partial charge is 0.411 e. The van der Waals surface area contributed by atoms with Gasteiger partial charge < -0.3 is 14.7 Å². The van der Waals surface area contributed by atoms with Crippen molar-refractivity contribution < 1.29 is 24.2 Å². The lowest BCUT2D eigenvalue weighted by atomic mass is 9.95. The summed E-state index contributed by atoms with van der Waals surface area (Å²) in [7, 11) is 1.53. The van der Waals surface area contributed by atoms with E-state index in [9.17, 15) is 19.5 Å². The summed E-state index contributed by atoms with van der Waals surface area (Å²) in [5, 5.41) is 9.62. The average molecular weight is 447 g/mol. The number of aryl methyl sites for hydroxylation is 1. The highest BCUT2D eigenvalue weighted by Crippen LogP contribution is 2.19. The third-order valence-electron chi connectivity index (χ3n) is 6.17. The molecular formula is C25H38N2O5. The monoisotopic (exact) mass is 446 g/mol. The molecule has 0 aromatic heterocycles. The summed E-state index contributed by atoms with van der Waals surface area (Å²) in [4.78, 5) is 40.7. The van der Waals surface area contributed by atoms with E-state index in [0.717, 1.165) is 38.5 Å². The fraction of sp³-hybridized carbons (Fsp3) is 0.640. The fourth-order valence-corrected chi connectivity index (χ4v) is 4.15. The zero-order chi connectivity index (χ0) is 23.5. The number of carboxylic acid groups (broad SMARTS) is 1. The number of carbonyl (C=O) groups excluding carboxylic acids is 2. The molecule has 1 N–H and O–H groups in total. The molecule has 1 saturated heterocycles. The second-order valence-electron chi connectivity index (χ2n) is 8.88. The second-order valence-corrected chi connectivity index (χ2v) is 8.88. The van der Waals surface area contributed by atoms with Gasteiger partial charge in [0.25, 0.3) is 0 Å². The SMILES string of the molecule is CCCC(C(=O)N1CCCCC1)N(C)C(=O)O[C@@H](CC(C)CCc1ccccc1)C(=O)O. The van der Waals surface area contributed by atoms with E-state index >= 15 is 0 Å². The number of likely N-dealkylation sites (N-methyl/N-ethyl adjacent to an activating group) is 1. The average Bonchev–Trinajstić information content (AvgIpc) is 2.81. The Morgan fingerprint density at radius 3 is 2.34 bits per heavy atom. The molecule has 0 bridgehead atoms. The van der Waals surface area contributed by atoms with Crippen molar-refractivity contribution in [3.05, 3.63) is 35.9 Å². The summed E-state index contributed by atoms with van der Waals surface area (Å²) in [5.74, 6) is -1.17. The number of nitrogens with zero attached hydrogens (tertiary/aromatic N) is 2. The van der Waals surface area contributed by atoms with Crippen LogP contribution in [-0.2, 0) is 20.7 Å². The molecule has 178 valence electrons. The summed E-state index contributed by atoms with van der Waals surface area (Å²) in [6.45, 7) is 5.34. The quantitative estimate of drug-likeness (QED) is 0.546. The Kier molecular flexibility index (Phi) is 10.5. The Morgan fingerprint density at radius 1 is 1.09 bits per heavy atom. The molecular weight excluding hydrogens is 408 g/mol. The highest BCUT2D eigenvalue weighted by atomic mass is 16.6.